The Morgan fingerprint density at radius 3 is 2.03 bits per heavy atom. The van der Waals surface area contributed by atoms with E-state index in [0.717, 1.165) is 0 Å². The zero-order chi connectivity index (χ0) is 23.5. The highest BCUT2D eigenvalue weighted by molar-refractivity contribution is 7.07. The van der Waals surface area contributed by atoms with Crippen molar-refractivity contribution in [3.8, 4) is 0 Å². The first-order valence-electron chi connectivity index (χ1n) is 8.65. The first kappa shape index (κ1) is 23.2. The number of hydrogen-bond acceptors (Lipinski definition) is 5. The van der Waals surface area contributed by atoms with Crippen LogP contribution in [0.1, 0.15) is 27.3 Å². The van der Waals surface area contributed by atoms with Crippen LogP contribution in [0.5, 0.6) is 0 Å². The molecule has 168 valence electrons. The van der Waals surface area contributed by atoms with Gasteiger partial charge in [0, 0.05) is 16.8 Å². The molecule has 3 rings (SSSR count). The van der Waals surface area contributed by atoms with E-state index in [1.165, 1.54) is 35.2 Å². The number of benzene rings is 1. The average Bonchev–Trinajstić information content (AvgIpc) is 3.23. The molecule has 0 bridgehead atoms. The van der Waals surface area contributed by atoms with Gasteiger partial charge in [0.25, 0.3) is 5.91 Å². The molecule has 0 aliphatic carbocycles. The quantitative estimate of drug-likeness (QED) is 0.510. The Bertz CT molecular complexity index is 1080. The Hall–Kier alpha value is -3.48. The Balaban J connectivity index is 1.68. The van der Waals surface area contributed by atoms with Crippen molar-refractivity contribution in [1.82, 2.24) is 9.97 Å². The maximum absolute atomic E-state index is 12.9. The van der Waals surface area contributed by atoms with Gasteiger partial charge in [-0.25, -0.2) is 4.98 Å². The Kier molecular flexibility index (Phi) is 6.48. The molecular formula is C19H12F6N4O2S. The van der Waals surface area contributed by atoms with Crippen molar-refractivity contribution >= 4 is 34.5 Å². The molecule has 0 saturated heterocycles. The number of carbonyl (C=O) groups is 2. The largest absolute Gasteiger partial charge is 0.416 e. The van der Waals surface area contributed by atoms with E-state index in [4.69, 9.17) is 0 Å². The molecule has 0 atom stereocenters. The molecule has 13 heteroatoms. The number of rotatable bonds is 5. The van der Waals surface area contributed by atoms with Gasteiger partial charge in [-0.05, 0) is 30.3 Å². The molecule has 0 unspecified atom stereocenters. The van der Waals surface area contributed by atoms with Crippen molar-refractivity contribution in [3.05, 3.63) is 69.9 Å². The molecule has 6 nitrogen and oxygen atoms in total. The minimum atomic E-state index is -5.03. The summed E-state index contributed by atoms with van der Waals surface area (Å²) in [5.74, 6) is -1.34. The first-order valence-corrected chi connectivity index (χ1v) is 9.60. The van der Waals surface area contributed by atoms with Gasteiger partial charge in [-0.15, -0.1) is 11.3 Å². The number of anilines is 2. The van der Waals surface area contributed by atoms with E-state index in [2.05, 4.69) is 15.3 Å². The molecule has 2 N–H and O–H groups in total. The number of carbonyl (C=O) groups excluding carboxylic acids is 2. The number of aromatic nitrogens is 2. The Morgan fingerprint density at radius 2 is 1.53 bits per heavy atom. The third-order valence-electron chi connectivity index (χ3n) is 3.96. The smallest absolute Gasteiger partial charge is 0.326 e. The van der Waals surface area contributed by atoms with Gasteiger partial charge in [0.1, 0.15) is 5.69 Å². The zero-order valence-electron chi connectivity index (χ0n) is 15.7. The maximum atomic E-state index is 12.9. The average molecular weight is 474 g/mol. The van der Waals surface area contributed by atoms with Gasteiger partial charge in [0.2, 0.25) is 5.91 Å². The lowest BCUT2D eigenvalue weighted by Crippen LogP contribution is -2.18. The fraction of sp³-hybridized carbons (Fsp3) is 0.158. The summed E-state index contributed by atoms with van der Waals surface area (Å²) in [5.41, 5.74) is -1.56. The second kappa shape index (κ2) is 8.94. The van der Waals surface area contributed by atoms with Gasteiger partial charge in [-0.3, -0.25) is 14.6 Å². The van der Waals surface area contributed by atoms with Crippen molar-refractivity contribution in [1.29, 1.82) is 0 Å². The molecule has 0 saturated carbocycles. The van der Waals surface area contributed by atoms with E-state index in [1.807, 2.05) is 5.32 Å². The molecule has 1 aromatic carbocycles. The summed E-state index contributed by atoms with van der Waals surface area (Å²) in [7, 11) is 0. The molecule has 0 radical (unpaired) electrons. The number of hydrogen-bond donors (Lipinski definition) is 2. The molecule has 2 aromatic heterocycles. The monoisotopic (exact) mass is 474 g/mol. The third-order valence-corrected chi connectivity index (χ3v) is 4.55. The van der Waals surface area contributed by atoms with Crippen molar-refractivity contribution < 1.29 is 35.9 Å². The number of pyridine rings is 1. The van der Waals surface area contributed by atoms with Crippen molar-refractivity contribution in [2.75, 3.05) is 10.6 Å². The number of thiazole rings is 1. The number of nitrogens with zero attached hydrogens (tertiary/aromatic N) is 2. The van der Waals surface area contributed by atoms with E-state index in [9.17, 15) is 35.9 Å². The summed E-state index contributed by atoms with van der Waals surface area (Å²) in [4.78, 5) is 31.8. The Labute approximate surface area is 180 Å². The van der Waals surface area contributed by atoms with Crippen LogP contribution in [0.2, 0.25) is 0 Å². The third kappa shape index (κ3) is 6.03. The zero-order valence-corrected chi connectivity index (χ0v) is 16.5. The molecule has 3 aromatic rings. The number of nitrogens with one attached hydrogen (secondary N) is 2. The van der Waals surface area contributed by atoms with E-state index in [0.29, 0.717) is 17.8 Å². The SMILES string of the molecule is O=C(Cc1ccc(NC(=O)c2cscn2)cn1)Nc1cc(C(F)(F)F)cc(C(F)(F)F)c1. The van der Waals surface area contributed by atoms with E-state index in [-0.39, 0.29) is 17.5 Å². The predicted octanol–water partition coefficient (Wildman–Crippen LogP) is 5.01. The van der Waals surface area contributed by atoms with Crippen molar-refractivity contribution in [3.63, 3.8) is 0 Å². The molecule has 0 fully saturated rings. The standard InChI is InChI=1S/C19H12F6N4O2S/c20-18(21,22)10-3-11(19(23,24)25)5-14(4-10)28-16(30)6-12-1-2-13(7-26-12)29-17(31)15-8-32-9-27-15/h1-5,7-9H,6H2,(H,28,30)(H,29,31). The highest BCUT2D eigenvalue weighted by Gasteiger charge is 2.37. The summed E-state index contributed by atoms with van der Waals surface area (Å²) in [6.45, 7) is 0. The summed E-state index contributed by atoms with van der Waals surface area (Å²) in [6, 6.07) is 3.61. The number of halogens is 6. The lowest BCUT2D eigenvalue weighted by Gasteiger charge is -2.14. The van der Waals surface area contributed by atoms with Gasteiger partial charge >= 0.3 is 12.4 Å². The first-order chi connectivity index (χ1) is 14.9. The van der Waals surface area contributed by atoms with Crippen LogP contribution in [0.4, 0.5) is 37.7 Å². The molecule has 2 heterocycles. The summed E-state index contributed by atoms with van der Waals surface area (Å²) >= 11 is 1.24. The van der Waals surface area contributed by atoms with Crippen LogP contribution < -0.4 is 10.6 Å². The molecule has 32 heavy (non-hydrogen) atoms. The number of alkyl halides is 6. The molecule has 0 aliphatic rings. The van der Waals surface area contributed by atoms with E-state index in [1.54, 1.807) is 5.38 Å². The Morgan fingerprint density at radius 1 is 0.875 bits per heavy atom. The van der Waals surface area contributed by atoms with E-state index >= 15 is 0 Å². The number of amides is 2. The molecule has 0 spiro atoms. The van der Waals surface area contributed by atoms with Crippen LogP contribution in [0, 0.1) is 0 Å². The normalized spacial score (nSPS) is 11.8. The fourth-order valence-electron chi connectivity index (χ4n) is 2.52. The second-order valence-corrected chi connectivity index (χ2v) is 7.10. The second-order valence-electron chi connectivity index (χ2n) is 6.39. The highest BCUT2D eigenvalue weighted by atomic mass is 32.1. The van der Waals surface area contributed by atoms with Gasteiger partial charge in [-0.1, -0.05) is 0 Å². The highest BCUT2D eigenvalue weighted by Crippen LogP contribution is 2.37. The van der Waals surface area contributed by atoms with Crippen LogP contribution >= 0.6 is 11.3 Å². The lowest BCUT2D eigenvalue weighted by atomic mass is 10.1. The summed E-state index contributed by atoms with van der Waals surface area (Å²) < 4.78 is 77.5. The van der Waals surface area contributed by atoms with Gasteiger partial charge in [0.05, 0.1) is 34.9 Å². The molecular weight excluding hydrogens is 462 g/mol. The molecule has 0 aliphatic heterocycles. The maximum Gasteiger partial charge on any atom is 0.416 e. The van der Waals surface area contributed by atoms with Crippen LogP contribution in [0.25, 0.3) is 0 Å². The van der Waals surface area contributed by atoms with E-state index < -0.39 is 47.4 Å². The van der Waals surface area contributed by atoms with Crippen molar-refractivity contribution in [2.24, 2.45) is 0 Å². The summed E-state index contributed by atoms with van der Waals surface area (Å²) in [6.07, 6.45) is -9.22. The topological polar surface area (TPSA) is 84.0 Å². The van der Waals surface area contributed by atoms with Gasteiger partial charge in [0.15, 0.2) is 0 Å². The van der Waals surface area contributed by atoms with Crippen LogP contribution in [0.3, 0.4) is 0 Å². The molecule has 2 amide bonds. The van der Waals surface area contributed by atoms with Crippen LogP contribution in [-0.4, -0.2) is 21.8 Å². The minimum Gasteiger partial charge on any atom is -0.326 e. The van der Waals surface area contributed by atoms with Crippen molar-refractivity contribution in [2.45, 2.75) is 18.8 Å². The summed E-state index contributed by atoms with van der Waals surface area (Å²) in [5, 5.41) is 6.10. The minimum absolute atomic E-state index is 0.0319. The van der Waals surface area contributed by atoms with Gasteiger partial charge in [-0.2, -0.15) is 26.3 Å². The fourth-order valence-corrected chi connectivity index (χ4v) is 3.05. The van der Waals surface area contributed by atoms with Crippen LogP contribution in [-0.2, 0) is 23.6 Å². The predicted molar refractivity (Wildman–Crippen MR) is 103 cm³/mol. The lowest BCUT2D eigenvalue weighted by molar-refractivity contribution is -0.143. The van der Waals surface area contributed by atoms with Gasteiger partial charge < -0.3 is 10.6 Å². The van der Waals surface area contributed by atoms with Crippen LogP contribution in [0.15, 0.2) is 47.4 Å².